The van der Waals surface area contributed by atoms with E-state index < -0.39 is 15.6 Å². The molecule has 3 fully saturated rings. The van der Waals surface area contributed by atoms with Crippen molar-refractivity contribution in [3.63, 3.8) is 0 Å². The van der Waals surface area contributed by atoms with Gasteiger partial charge in [-0.05, 0) is 60.8 Å². The molecule has 0 amide bonds. The fraction of sp³-hybridized carbons (Fsp3) is 0.357. The molecule has 2 aromatic carbocycles. The molecule has 0 aromatic heterocycles. The van der Waals surface area contributed by atoms with Gasteiger partial charge < -0.3 is 14.5 Å². The minimum absolute atomic E-state index is 0.552. The van der Waals surface area contributed by atoms with Gasteiger partial charge in [-0.1, -0.05) is 37.4 Å². The lowest BCUT2D eigenvalue weighted by atomic mass is 9.78. The maximum atomic E-state index is 6.76. The molecule has 0 bridgehead atoms. The van der Waals surface area contributed by atoms with Gasteiger partial charge in [0.15, 0.2) is 0 Å². The van der Waals surface area contributed by atoms with Crippen molar-refractivity contribution in [2.45, 2.75) is 28.2 Å². The van der Waals surface area contributed by atoms with E-state index in [1.165, 1.54) is 45.1 Å². The van der Waals surface area contributed by atoms with Crippen LogP contribution in [0, 0.1) is 0 Å². The van der Waals surface area contributed by atoms with E-state index >= 15 is 0 Å². The van der Waals surface area contributed by atoms with Gasteiger partial charge in [-0.3, -0.25) is 0 Å². The highest BCUT2D eigenvalue weighted by Gasteiger charge is 2.52. The topological polar surface area (TPSA) is 15.7 Å². The molecule has 0 radical (unpaired) electrons. The van der Waals surface area contributed by atoms with Crippen LogP contribution in [0.3, 0.4) is 0 Å². The Bertz CT molecular complexity index is 1100. The summed E-state index contributed by atoms with van der Waals surface area (Å²) in [6, 6.07) is 14.2. The molecule has 2 aromatic rings. The molecule has 4 aliphatic heterocycles. The molecule has 3 nitrogen and oxygen atoms in total. The number of nitrogens with zero attached hydrogens (tertiary/aromatic N) is 2. The maximum Gasteiger partial charge on any atom is 0.146 e. The average Bonchev–Trinajstić information content (AvgIpc) is 3.02. The third kappa shape index (κ3) is 2.60. The monoisotopic (exact) mass is 444 g/mol. The Hall–Kier alpha value is -2.43. The maximum absolute atomic E-state index is 6.76. The van der Waals surface area contributed by atoms with Crippen LogP contribution < -0.4 is 9.80 Å². The number of allylic oxidation sites excluding steroid dienone is 2. The van der Waals surface area contributed by atoms with Gasteiger partial charge in [0.05, 0.1) is 6.61 Å². The molecule has 0 N–H and O–H groups in total. The normalized spacial score (nSPS) is 24.6. The summed E-state index contributed by atoms with van der Waals surface area (Å²) in [6.45, 7) is 13.6. The summed E-state index contributed by atoms with van der Waals surface area (Å²) in [5.41, 5.74) is 6.88. The van der Waals surface area contributed by atoms with E-state index in [9.17, 15) is 0 Å². The number of ether oxygens (including phenoxy) is 1. The minimum atomic E-state index is -1.22. The van der Waals surface area contributed by atoms with E-state index in [1.54, 1.807) is 0 Å². The summed E-state index contributed by atoms with van der Waals surface area (Å²) in [5, 5.41) is 0. The summed E-state index contributed by atoms with van der Waals surface area (Å²) in [4.78, 5) is 7.87. The largest absolute Gasteiger partial charge is 0.371 e. The van der Waals surface area contributed by atoms with Crippen molar-refractivity contribution in [3.8, 4) is 0 Å². The summed E-state index contributed by atoms with van der Waals surface area (Å²) < 4.78 is 6.76. The first-order chi connectivity index (χ1) is 15.5. The van der Waals surface area contributed by atoms with Crippen LogP contribution in [0.1, 0.15) is 24.0 Å². The predicted octanol–water partition coefficient (Wildman–Crippen LogP) is 5.84. The van der Waals surface area contributed by atoms with E-state index in [1.807, 2.05) is 6.08 Å². The quantitative estimate of drug-likeness (QED) is 0.591. The lowest BCUT2D eigenvalue weighted by molar-refractivity contribution is 0.0531. The van der Waals surface area contributed by atoms with Crippen LogP contribution in [-0.2, 0) is 10.3 Å². The van der Waals surface area contributed by atoms with Crippen molar-refractivity contribution in [1.82, 2.24) is 0 Å². The van der Waals surface area contributed by atoms with Crippen LogP contribution in [0.4, 0.5) is 11.4 Å². The third-order valence-corrected chi connectivity index (χ3v) is 10.6. The lowest BCUT2D eigenvalue weighted by Gasteiger charge is -2.49. The molecule has 6 rings (SSSR count). The lowest BCUT2D eigenvalue weighted by Crippen LogP contribution is -2.39. The van der Waals surface area contributed by atoms with Gasteiger partial charge in [-0.25, -0.2) is 0 Å². The van der Waals surface area contributed by atoms with Crippen LogP contribution in [-0.4, -0.2) is 45.3 Å². The van der Waals surface area contributed by atoms with E-state index in [-0.39, 0.29) is 0 Å². The van der Waals surface area contributed by atoms with Crippen molar-refractivity contribution in [3.05, 3.63) is 84.0 Å². The smallest absolute Gasteiger partial charge is 0.146 e. The molecular formula is C28H32N2OS. The number of hydrogen-bond donors (Lipinski definition) is 0. The van der Waals surface area contributed by atoms with Gasteiger partial charge in [-0.15, -0.1) is 0 Å². The Kier molecular flexibility index (Phi) is 4.44. The summed E-state index contributed by atoms with van der Waals surface area (Å²) >= 11 is 0. The fourth-order valence-electron chi connectivity index (χ4n) is 5.65. The average molecular weight is 445 g/mol. The first-order valence-electron chi connectivity index (χ1n) is 11.6. The van der Waals surface area contributed by atoms with E-state index in [0.29, 0.717) is 6.61 Å². The van der Waals surface area contributed by atoms with Gasteiger partial charge in [0.2, 0.25) is 0 Å². The van der Waals surface area contributed by atoms with Crippen LogP contribution in [0.2, 0.25) is 0 Å². The molecule has 4 heteroatoms. The van der Waals surface area contributed by atoms with Crippen molar-refractivity contribution >= 4 is 21.4 Å². The van der Waals surface area contributed by atoms with Gasteiger partial charge in [-0.2, -0.15) is 10.0 Å². The summed E-state index contributed by atoms with van der Waals surface area (Å²) in [5.74, 6) is 0. The first kappa shape index (κ1) is 20.2. The van der Waals surface area contributed by atoms with Gasteiger partial charge in [0.1, 0.15) is 5.60 Å². The Labute approximate surface area is 193 Å². The molecule has 166 valence electrons. The molecule has 4 heterocycles. The number of benzene rings is 2. The molecule has 32 heavy (non-hydrogen) atoms. The second-order valence-corrected chi connectivity index (χ2v) is 13.3. The second-order valence-electron chi connectivity index (χ2n) is 9.76. The Morgan fingerprint density at radius 2 is 1.44 bits per heavy atom. The number of anilines is 2. The number of hydrogen-bond acceptors (Lipinski definition) is 3. The Balaban J connectivity index is 1.63. The van der Waals surface area contributed by atoms with E-state index in [2.05, 4.69) is 77.9 Å². The van der Waals surface area contributed by atoms with Crippen molar-refractivity contribution in [2.24, 2.45) is 0 Å². The van der Waals surface area contributed by atoms with Crippen molar-refractivity contribution < 1.29 is 4.74 Å². The number of rotatable bonds is 3. The van der Waals surface area contributed by atoms with Gasteiger partial charge in [0, 0.05) is 58.5 Å². The minimum Gasteiger partial charge on any atom is -0.371 e. The van der Waals surface area contributed by atoms with E-state index in [0.717, 1.165) is 37.3 Å². The SMILES string of the molecule is C=C/C=C1\C(=C)COC12c1ccc(N3CCC3)cc1S(C)(C)c1cc(N3CCC3)ccc12. The molecular weight excluding hydrogens is 412 g/mol. The Morgan fingerprint density at radius 1 is 0.906 bits per heavy atom. The van der Waals surface area contributed by atoms with Gasteiger partial charge >= 0.3 is 0 Å². The standard InChI is InChI=1S/C28H32N2OS/c1-5-8-23-20(2)19-31-28(23)24-11-9-21(29-13-6-14-29)17-26(24)32(3,4)27-18-22(10-12-25(27)28)30-15-7-16-30/h5,8-12,17-18H,1-2,6-7,13-16,19H2,3-4H3/b23-8+. The van der Waals surface area contributed by atoms with Gasteiger partial charge in [0.25, 0.3) is 0 Å². The molecule has 3 saturated heterocycles. The highest BCUT2D eigenvalue weighted by Crippen LogP contribution is 2.69. The van der Waals surface area contributed by atoms with Crippen LogP contribution in [0.5, 0.6) is 0 Å². The summed E-state index contributed by atoms with van der Waals surface area (Å²) in [6.07, 6.45) is 11.5. The highest BCUT2D eigenvalue weighted by atomic mass is 32.3. The molecule has 0 saturated carbocycles. The second kappa shape index (κ2) is 7.03. The van der Waals surface area contributed by atoms with Crippen LogP contribution in [0.15, 0.2) is 82.6 Å². The zero-order chi connectivity index (χ0) is 22.1. The molecule has 0 atom stereocenters. The Morgan fingerprint density at radius 3 is 1.88 bits per heavy atom. The van der Waals surface area contributed by atoms with Crippen LogP contribution >= 0.6 is 10.0 Å². The first-order valence-corrected chi connectivity index (χ1v) is 14.1. The zero-order valence-electron chi connectivity index (χ0n) is 19.2. The number of fused-ring (bicyclic) bond motifs is 4. The van der Waals surface area contributed by atoms with Crippen LogP contribution in [0.25, 0.3) is 0 Å². The van der Waals surface area contributed by atoms with Crippen molar-refractivity contribution in [2.75, 3.05) is 55.1 Å². The molecule has 0 aliphatic carbocycles. The zero-order valence-corrected chi connectivity index (χ0v) is 20.0. The summed E-state index contributed by atoms with van der Waals surface area (Å²) in [7, 11) is -1.22. The predicted molar refractivity (Wildman–Crippen MR) is 137 cm³/mol. The highest BCUT2D eigenvalue weighted by molar-refractivity contribution is 8.32. The molecule has 4 aliphatic rings. The third-order valence-electron chi connectivity index (χ3n) is 7.74. The molecule has 0 unspecified atom stereocenters. The molecule has 1 spiro atoms. The van der Waals surface area contributed by atoms with E-state index in [4.69, 9.17) is 4.74 Å². The van der Waals surface area contributed by atoms with Crippen molar-refractivity contribution in [1.29, 1.82) is 0 Å². The fourth-order valence-corrected chi connectivity index (χ4v) is 8.24.